The second-order valence-corrected chi connectivity index (χ2v) is 4.03. The zero-order valence-electron chi connectivity index (χ0n) is 7.75. The van der Waals surface area contributed by atoms with E-state index in [1.54, 1.807) is 0 Å². The predicted molar refractivity (Wildman–Crippen MR) is 57.5 cm³/mol. The van der Waals surface area contributed by atoms with E-state index in [0.29, 0.717) is 0 Å². The van der Waals surface area contributed by atoms with E-state index in [2.05, 4.69) is 10.6 Å². The Morgan fingerprint density at radius 3 is 2.19 bits per heavy atom. The molecule has 7 heteroatoms. The summed E-state index contributed by atoms with van der Waals surface area (Å²) >= 11 is 11.7. The quantitative estimate of drug-likeness (QED) is 0.671. The average molecular weight is 261 g/mol. The number of urea groups is 1. The van der Waals surface area contributed by atoms with Crippen LogP contribution in [-0.4, -0.2) is 17.0 Å². The number of carbonyl (C=O) groups is 2. The van der Waals surface area contributed by atoms with Crippen LogP contribution in [0.25, 0.3) is 0 Å². The van der Waals surface area contributed by atoms with Gasteiger partial charge in [-0.15, -0.1) is 0 Å². The summed E-state index contributed by atoms with van der Waals surface area (Å²) < 4.78 is 0. The number of amides is 3. The first-order valence-corrected chi connectivity index (χ1v) is 5.04. The van der Waals surface area contributed by atoms with Crippen LogP contribution in [0.4, 0.5) is 4.79 Å². The second kappa shape index (κ2) is 3.84. The van der Waals surface area contributed by atoms with Gasteiger partial charge in [-0.1, -0.05) is 23.2 Å². The molecule has 0 saturated carbocycles. The molecule has 0 aromatic heterocycles. The minimum atomic E-state index is -0.923. The lowest BCUT2D eigenvalue weighted by atomic mass is 10.1. The van der Waals surface area contributed by atoms with Crippen molar-refractivity contribution in [1.29, 1.82) is 0 Å². The maximum absolute atomic E-state index is 11.4. The van der Waals surface area contributed by atoms with Crippen molar-refractivity contribution in [3.63, 3.8) is 0 Å². The lowest BCUT2D eigenvalue weighted by Gasteiger charge is -2.12. The van der Waals surface area contributed by atoms with Crippen LogP contribution in [0.15, 0.2) is 12.1 Å². The number of carbonyl (C=O) groups excluding carboxylic acids is 2. The van der Waals surface area contributed by atoms with E-state index in [-0.39, 0.29) is 21.4 Å². The minimum Gasteiger partial charge on any atom is -0.508 e. The normalized spacial score (nSPS) is 19.5. The van der Waals surface area contributed by atoms with Crippen molar-refractivity contribution in [3.05, 3.63) is 27.7 Å². The molecule has 1 aromatic rings. The van der Waals surface area contributed by atoms with E-state index < -0.39 is 18.0 Å². The largest absolute Gasteiger partial charge is 0.508 e. The van der Waals surface area contributed by atoms with Crippen molar-refractivity contribution in [2.24, 2.45) is 0 Å². The summed E-state index contributed by atoms with van der Waals surface area (Å²) in [6.07, 6.45) is 0. The summed E-state index contributed by atoms with van der Waals surface area (Å²) in [6.45, 7) is 0. The molecule has 2 rings (SSSR count). The molecule has 1 aromatic carbocycles. The highest BCUT2D eigenvalue weighted by molar-refractivity contribution is 6.37. The molecular formula is C9H6Cl2N2O3. The molecule has 0 bridgehead atoms. The predicted octanol–water partition coefficient (Wildman–Crippen LogP) is 1.58. The topological polar surface area (TPSA) is 78.4 Å². The Labute approximate surface area is 100 Å². The van der Waals surface area contributed by atoms with Gasteiger partial charge in [-0.05, 0) is 12.1 Å². The molecule has 1 fully saturated rings. The summed E-state index contributed by atoms with van der Waals surface area (Å²) in [5.41, 5.74) is 0.268. The molecule has 84 valence electrons. The van der Waals surface area contributed by atoms with Gasteiger partial charge >= 0.3 is 6.03 Å². The summed E-state index contributed by atoms with van der Waals surface area (Å²) in [7, 11) is 0. The van der Waals surface area contributed by atoms with Crippen molar-refractivity contribution in [2.45, 2.75) is 6.04 Å². The fourth-order valence-corrected chi connectivity index (χ4v) is 2.16. The Balaban J connectivity index is 2.48. The SMILES string of the molecule is O=C1NC(=O)C(c2c(Cl)cc(O)cc2Cl)N1. The fraction of sp³-hybridized carbons (Fsp3) is 0.111. The molecule has 3 N–H and O–H groups in total. The van der Waals surface area contributed by atoms with Gasteiger partial charge in [0.25, 0.3) is 5.91 Å². The first-order chi connectivity index (χ1) is 7.49. The number of aromatic hydroxyl groups is 1. The first kappa shape index (κ1) is 11.0. The van der Waals surface area contributed by atoms with Gasteiger partial charge in [0, 0.05) is 5.56 Å². The summed E-state index contributed by atoms with van der Waals surface area (Å²) in [6, 6.07) is 0.976. The van der Waals surface area contributed by atoms with Crippen LogP contribution in [0.3, 0.4) is 0 Å². The molecule has 1 unspecified atom stereocenters. The molecule has 1 heterocycles. The molecule has 0 spiro atoms. The van der Waals surface area contributed by atoms with E-state index in [4.69, 9.17) is 23.2 Å². The summed E-state index contributed by atoms with van der Waals surface area (Å²) in [5.74, 6) is -0.636. The molecular weight excluding hydrogens is 255 g/mol. The third-order valence-corrected chi connectivity index (χ3v) is 2.75. The first-order valence-electron chi connectivity index (χ1n) is 4.28. The van der Waals surface area contributed by atoms with Gasteiger partial charge in [0.2, 0.25) is 0 Å². The summed E-state index contributed by atoms with van der Waals surface area (Å²) in [4.78, 5) is 22.3. The van der Waals surface area contributed by atoms with Crippen LogP contribution in [-0.2, 0) is 4.79 Å². The Morgan fingerprint density at radius 2 is 1.75 bits per heavy atom. The molecule has 5 nitrogen and oxygen atoms in total. The van der Waals surface area contributed by atoms with E-state index >= 15 is 0 Å². The highest BCUT2D eigenvalue weighted by Crippen LogP contribution is 2.35. The van der Waals surface area contributed by atoms with E-state index in [0.717, 1.165) is 0 Å². The Morgan fingerprint density at radius 1 is 1.19 bits per heavy atom. The van der Waals surface area contributed by atoms with Gasteiger partial charge < -0.3 is 10.4 Å². The van der Waals surface area contributed by atoms with Gasteiger partial charge in [0.05, 0.1) is 10.0 Å². The smallest absolute Gasteiger partial charge is 0.322 e. The summed E-state index contributed by atoms with van der Waals surface area (Å²) in [5, 5.41) is 13.9. The fourth-order valence-electron chi connectivity index (χ4n) is 1.47. The monoisotopic (exact) mass is 260 g/mol. The zero-order valence-corrected chi connectivity index (χ0v) is 9.26. The van der Waals surface area contributed by atoms with E-state index in [9.17, 15) is 14.7 Å². The number of hydrogen-bond acceptors (Lipinski definition) is 3. The van der Waals surface area contributed by atoms with Crippen molar-refractivity contribution < 1.29 is 14.7 Å². The highest BCUT2D eigenvalue weighted by atomic mass is 35.5. The number of benzene rings is 1. The number of phenols is 1. The molecule has 16 heavy (non-hydrogen) atoms. The van der Waals surface area contributed by atoms with Crippen LogP contribution in [0, 0.1) is 0 Å². The lowest BCUT2D eigenvalue weighted by Crippen LogP contribution is -2.22. The Hall–Kier alpha value is -1.46. The number of phenolic OH excluding ortho intramolecular Hbond substituents is 1. The maximum atomic E-state index is 11.4. The third kappa shape index (κ3) is 1.79. The van der Waals surface area contributed by atoms with Crippen LogP contribution >= 0.6 is 23.2 Å². The van der Waals surface area contributed by atoms with Gasteiger partial charge in [0.1, 0.15) is 11.8 Å². The number of hydrogen-bond donors (Lipinski definition) is 3. The Bertz CT molecular complexity index is 467. The molecule has 0 aliphatic carbocycles. The lowest BCUT2D eigenvalue weighted by molar-refractivity contribution is -0.120. The van der Waals surface area contributed by atoms with Crippen LogP contribution in [0.5, 0.6) is 5.75 Å². The standard InChI is InChI=1S/C9H6Cl2N2O3/c10-4-1-3(14)2-5(11)6(4)7-8(15)13-9(16)12-7/h1-2,7,14H,(H2,12,13,15,16). The van der Waals surface area contributed by atoms with Gasteiger partial charge in [0.15, 0.2) is 0 Å². The van der Waals surface area contributed by atoms with Gasteiger partial charge in [-0.25, -0.2) is 4.79 Å². The van der Waals surface area contributed by atoms with Crippen LogP contribution in [0.2, 0.25) is 10.0 Å². The van der Waals surface area contributed by atoms with E-state index in [1.165, 1.54) is 12.1 Å². The molecule has 1 aliphatic rings. The zero-order chi connectivity index (χ0) is 11.9. The van der Waals surface area contributed by atoms with Gasteiger partial charge in [-0.3, -0.25) is 10.1 Å². The maximum Gasteiger partial charge on any atom is 0.322 e. The highest BCUT2D eigenvalue weighted by Gasteiger charge is 2.34. The number of nitrogens with one attached hydrogen (secondary N) is 2. The molecule has 1 atom stereocenters. The van der Waals surface area contributed by atoms with Crippen molar-refractivity contribution in [2.75, 3.05) is 0 Å². The molecule has 3 amide bonds. The number of imide groups is 1. The number of rotatable bonds is 1. The van der Waals surface area contributed by atoms with Crippen molar-refractivity contribution >= 4 is 35.1 Å². The molecule has 0 radical (unpaired) electrons. The third-order valence-electron chi connectivity index (χ3n) is 2.13. The van der Waals surface area contributed by atoms with Crippen LogP contribution in [0.1, 0.15) is 11.6 Å². The van der Waals surface area contributed by atoms with Crippen molar-refractivity contribution in [3.8, 4) is 5.75 Å². The number of halogens is 2. The van der Waals surface area contributed by atoms with Crippen LogP contribution < -0.4 is 10.6 Å². The minimum absolute atomic E-state index is 0.108. The second-order valence-electron chi connectivity index (χ2n) is 3.22. The average Bonchev–Trinajstić information content (AvgIpc) is 2.43. The van der Waals surface area contributed by atoms with Crippen molar-refractivity contribution in [1.82, 2.24) is 10.6 Å². The van der Waals surface area contributed by atoms with Gasteiger partial charge in [-0.2, -0.15) is 0 Å². The van der Waals surface area contributed by atoms with E-state index in [1.807, 2.05) is 0 Å². The Kier molecular flexibility index (Phi) is 2.65. The molecule has 1 saturated heterocycles. The molecule has 1 aliphatic heterocycles.